The first kappa shape index (κ1) is 17.3. The fourth-order valence-corrected chi connectivity index (χ4v) is 4.24. The molecule has 3 rings (SSSR count). The van der Waals surface area contributed by atoms with Crippen molar-refractivity contribution in [1.82, 2.24) is 25.6 Å². The highest BCUT2D eigenvalue weighted by atomic mass is 32.2. The van der Waals surface area contributed by atoms with Gasteiger partial charge in [0.2, 0.25) is 11.8 Å². The Balaban J connectivity index is 1.45. The summed E-state index contributed by atoms with van der Waals surface area (Å²) in [5, 5.41) is 14.0. The minimum Gasteiger partial charge on any atom is -0.353 e. The van der Waals surface area contributed by atoms with Crippen molar-refractivity contribution < 1.29 is 9.59 Å². The predicted octanol–water partition coefficient (Wildman–Crippen LogP) is 1.58. The monoisotopic (exact) mass is 351 g/mol. The Morgan fingerprint density at radius 3 is 2.83 bits per heavy atom. The van der Waals surface area contributed by atoms with Crippen molar-refractivity contribution >= 4 is 23.6 Å². The van der Waals surface area contributed by atoms with Crippen molar-refractivity contribution in [1.29, 1.82) is 0 Å². The van der Waals surface area contributed by atoms with Crippen LogP contribution in [0.5, 0.6) is 0 Å². The van der Waals surface area contributed by atoms with Gasteiger partial charge in [-0.3, -0.25) is 9.59 Å². The minimum atomic E-state index is -0.281. The quantitative estimate of drug-likeness (QED) is 0.600. The topological polar surface area (TPSA) is 91.0 Å². The van der Waals surface area contributed by atoms with E-state index in [0.717, 1.165) is 55.8 Å². The Morgan fingerprint density at radius 1 is 1.25 bits per heavy atom. The Kier molecular flexibility index (Phi) is 6.12. The van der Waals surface area contributed by atoms with Gasteiger partial charge in [-0.1, -0.05) is 19.3 Å². The van der Waals surface area contributed by atoms with Crippen LogP contribution in [-0.2, 0) is 9.59 Å². The van der Waals surface area contributed by atoms with Crippen LogP contribution in [0.25, 0.3) is 0 Å². The lowest BCUT2D eigenvalue weighted by Crippen LogP contribution is -2.48. The number of rotatable bonds is 6. The Labute approximate surface area is 146 Å². The molecule has 1 aliphatic carbocycles. The number of hydrogen-bond donors (Lipinski definition) is 2. The number of H-pyrrole nitrogens is 1. The van der Waals surface area contributed by atoms with Gasteiger partial charge in [0.1, 0.15) is 11.1 Å². The highest BCUT2D eigenvalue weighted by Gasteiger charge is 2.37. The zero-order chi connectivity index (χ0) is 16.8. The molecule has 2 heterocycles. The first-order valence-electron chi connectivity index (χ1n) is 8.82. The van der Waals surface area contributed by atoms with E-state index in [1.54, 1.807) is 18.0 Å². The molecule has 2 aliphatic rings. The van der Waals surface area contributed by atoms with E-state index in [9.17, 15) is 9.59 Å². The molecule has 132 valence electrons. The molecule has 2 fully saturated rings. The number of carbonyl (C=O) groups is 2. The van der Waals surface area contributed by atoms with Crippen LogP contribution < -0.4 is 5.32 Å². The van der Waals surface area contributed by atoms with Crippen LogP contribution in [0.15, 0.2) is 11.2 Å². The summed E-state index contributed by atoms with van der Waals surface area (Å²) in [6, 6.07) is -0.281. The number of amides is 2. The van der Waals surface area contributed by atoms with Crippen LogP contribution in [0.1, 0.15) is 44.9 Å². The molecule has 1 aromatic heterocycles. The van der Waals surface area contributed by atoms with Crippen molar-refractivity contribution in [2.75, 3.05) is 18.8 Å². The van der Waals surface area contributed by atoms with Gasteiger partial charge in [0, 0.05) is 24.8 Å². The second kappa shape index (κ2) is 8.50. The lowest BCUT2D eigenvalue weighted by atomic mass is 9.88. The summed E-state index contributed by atoms with van der Waals surface area (Å²) in [4.78, 5) is 27.0. The number of aromatic amines is 1. The van der Waals surface area contributed by atoms with Crippen LogP contribution in [0.4, 0.5) is 0 Å². The number of nitrogens with one attached hydrogen (secondary N) is 2. The highest BCUT2D eigenvalue weighted by molar-refractivity contribution is 7.99. The third-order valence-electron chi connectivity index (χ3n) is 4.84. The molecule has 1 aromatic rings. The first-order chi connectivity index (χ1) is 11.8. The summed E-state index contributed by atoms with van der Waals surface area (Å²) < 4.78 is 0. The zero-order valence-corrected chi connectivity index (χ0v) is 14.7. The van der Waals surface area contributed by atoms with Crippen LogP contribution >= 0.6 is 11.8 Å². The first-order valence-corrected chi connectivity index (χ1v) is 9.81. The number of thioether (sulfide) groups is 1. The molecule has 2 N–H and O–H groups in total. The lowest BCUT2D eigenvalue weighted by Gasteiger charge is -2.30. The van der Waals surface area contributed by atoms with E-state index in [0.29, 0.717) is 6.54 Å². The summed E-state index contributed by atoms with van der Waals surface area (Å²) >= 11 is 1.54. The number of hydrogen-bond acceptors (Lipinski definition) is 5. The van der Waals surface area contributed by atoms with Gasteiger partial charge in [-0.2, -0.15) is 10.3 Å². The van der Waals surface area contributed by atoms with Gasteiger partial charge in [-0.25, -0.2) is 0 Å². The van der Waals surface area contributed by atoms with Gasteiger partial charge < -0.3 is 10.2 Å². The Morgan fingerprint density at radius 2 is 2.08 bits per heavy atom. The Bertz CT molecular complexity index is 545. The second-order valence-corrected chi connectivity index (χ2v) is 7.59. The average molecular weight is 351 g/mol. The van der Waals surface area contributed by atoms with E-state index in [-0.39, 0.29) is 23.8 Å². The molecule has 1 saturated heterocycles. The van der Waals surface area contributed by atoms with Crippen molar-refractivity contribution in [2.45, 2.75) is 56.0 Å². The van der Waals surface area contributed by atoms with E-state index in [4.69, 9.17) is 0 Å². The highest BCUT2D eigenvalue weighted by Crippen LogP contribution is 2.28. The molecule has 24 heavy (non-hydrogen) atoms. The SMILES string of the molecule is O=C(NCCSc1cn[nH]n1)[C@H]1CCCN1C(=O)C1CCCCC1. The molecular formula is C16H25N5O2S. The molecule has 1 aliphatic heterocycles. The van der Waals surface area contributed by atoms with Crippen LogP contribution in [0, 0.1) is 5.92 Å². The largest absolute Gasteiger partial charge is 0.353 e. The fourth-order valence-electron chi connectivity index (χ4n) is 3.60. The van der Waals surface area contributed by atoms with E-state index >= 15 is 0 Å². The van der Waals surface area contributed by atoms with Crippen molar-refractivity contribution in [3.63, 3.8) is 0 Å². The predicted molar refractivity (Wildman–Crippen MR) is 91.4 cm³/mol. The second-order valence-electron chi connectivity index (χ2n) is 6.47. The normalized spacial score (nSPS) is 21.8. The number of aromatic nitrogens is 3. The van der Waals surface area contributed by atoms with Gasteiger partial charge in [0.15, 0.2) is 0 Å². The fraction of sp³-hybridized carbons (Fsp3) is 0.750. The zero-order valence-electron chi connectivity index (χ0n) is 13.9. The van der Waals surface area contributed by atoms with Gasteiger partial charge in [-0.15, -0.1) is 16.9 Å². The van der Waals surface area contributed by atoms with Crippen LogP contribution in [-0.4, -0.2) is 57.0 Å². The van der Waals surface area contributed by atoms with Crippen molar-refractivity contribution in [2.24, 2.45) is 5.92 Å². The number of likely N-dealkylation sites (tertiary alicyclic amines) is 1. The maximum Gasteiger partial charge on any atom is 0.242 e. The van der Waals surface area contributed by atoms with E-state index in [1.165, 1.54) is 6.42 Å². The summed E-state index contributed by atoms with van der Waals surface area (Å²) in [6.07, 6.45) is 8.84. The van der Waals surface area contributed by atoms with E-state index < -0.39 is 0 Å². The lowest BCUT2D eigenvalue weighted by molar-refractivity contribution is -0.142. The van der Waals surface area contributed by atoms with Gasteiger partial charge >= 0.3 is 0 Å². The molecule has 0 radical (unpaired) electrons. The molecule has 0 unspecified atom stereocenters. The molecule has 7 nitrogen and oxygen atoms in total. The molecule has 1 atom stereocenters. The molecule has 2 amide bonds. The molecule has 0 bridgehead atoms. The molecular weight excluding hydrogens is 326 g/mol. The molecule has 0 spiro atoms. The smallest absolute Gasteiger partial charge is 0.242 e. The number of carbonyl (C=O) groups excluding carboxylic acids is 2. The summed E-state index contributed by atoms with van der Waals surface area (Å²) in [6.45, 7) is 1.29. The van der Waals surface area contributed by atoms with Crippen molar-refractivity contribution in [3.8, 4) is 0 Å². The van der Waals surface area contributed by atoms with E-state index in [2.05, 4.69) is 20.7 Å². The number of nitrogens with zero attached hydrogens (tertiary/aromatic N) is 3. The minimum absolute atomic E-state index is 0.0163. The Hall–Kier alpha value is -1.57. The maximum atomic E-state index is 12.7. The van der Waals surface area contributed by atoms with E-state index in [1.807, 2.05) is 4.90 Å². The summed E-state index contributed by atoms with van der Waals surface area (Å²) in [7, 11) is 0. The summed E-state index contributed by atoms with van der Waals surface area (Å²) in [5.41, 5.74) is 0. The van der Waals surface area contributed by atoms with Gasteiger partial charge in [0.05, 0.1) is 6.20 Å². The molecule has 8 heteroatoms. The standard InChI is InChI=1S/C16H25N5O2S/c22-15(17-8-10-24-14-11-18-20-19-14)13-7-4-9-21(13)16(23)12-5-2-1-3-6-12/h11-13H,1-10H2,(H,17,22)(H,18,19,20)/t13-/m1/s1. The maximum absolute atomic E-state index is 12.7. The van der Waals surface area contributed by atoms with Crippen LogP contribution in [0.3, 0.4) is 0 Å². The third kappa shape index (κ3) is 4.28. The average Bonchev–Trinajstić information content (AvgIpc) is 3.30. The molecule has 0 aromatic carbocycles. The summed E-state index contributed by atoms with van der Waals surface area (Å²) in [5.74, 6) is 1.05. The van der Waals surface area contributed by atoms with Crippen LogP contribution in [0.2, 0.25) is 0 Å². The third-order valence-corrected chi connectivity index (χ3v) is 5.74. The van der Waals surface area contributed by atoms with Crippen molar-refractivity contribution in [3.05, 3.63) is 6.20 Å². The van der Waals surface area contributed by atoms with Gasteiger partial charge in [0.25, 0.3) is 0 Å². The molecule has 1 saturated carbocycles. The van der Waals surface area contributed by atoms with Gasteiger partial charge in [-0.05, 0) is 25.7 Å².